The van der Waals surface area contributed by atoms with Crippen LogP contribution in [0.1, 0.15) is 34.1 Å². The lowest BCUT2D eigenvalue weighted by Crippen LogP contribution is -2.24. The molecular formula is C17H17ClN2O2. The molecule has 0 heterocycles. The largest absolute Gasteiger partial charge is 0.352 e. The number of amides is 2. The summed E-state index contributed by atoms with van der Waals surface area (Å²) in [5.41, 5.74) is 1.50. The van der Waals surface area contributed by atoms with Crippen LogP contribution in [0.5, 0.6) is 0 Å². The molecule has 2 aromatic rings. The van der Waals surface area contributed by atoms with Crippen molar-refractivity contribution in [3.05, 3.63) is 64.7 Å². The first kappa shape index (κ1) is 16.0. The average molecular weight is 317 g/mol. The van der Waals surface area contributed by atoms with Crippen LogP contribution in [0.3, 0.4) is 0 Å². The van der Waals surface area contributed by atoms with Crippen LogP contribution in [0, 0.1) is 0 Å². The molecule has 0 aliphatic rings. The smallest absolute Gasteiger partial charge is 0.255 e. The van der Waals surface area contributed by atoms with Crippen molar-refractivity contribution in [2.24, 2.45) is 0 Å². The summed E-state index contributed by atoms with van der Waals surface area (Å²) >= 11 is 5.89. The number of rotatable bonds is 5. The topological polar surface area (TPSA) is 58.2 Å². The highest BCUT2D eigenvalue weighted by atomic mass is 35.5. The van der Waals surface area contributed by atoms with Gasteiger partial charge in [0.05, 0.1) is 0 Å². The van der Waals surface area contributed by atoms with E-state index in [1.165, 1.54) is 0 Å². The highest BCUT2D eigenvalue weighted by Gasteiger charge is 2.10. The van der Waals surface area contributed by atoms with Crippen LogP contribution >= 0.6 is 11.6 Å². The van der Waals surface area contributed by atoms with Crippen LogP contribution in [0.2, 0.25) is 5.02 Å². The molecule has 2 N–H and O–H groups in total. The Morgan fingerprint density at radius 2 is 1.68 bits per heavy atom. The molecule has 2 amide bonds. The zero-order valence-electron chi connectivity index (χ0n) is 12.2. The molecule has 0 atom stereocenters. The molecule has 0 aromatic heterocycles. The monoisotopic (exact) mass is 316 g/mol. The zero-order valence-corrected chi connectivity index (χ0v) is 13.0. The predicted molar refractivity (Wildman–Crippen MR) is 88.5 cm³/mol. The molecular weight excluding hydrogens is 300 g/mol. The lowest BCUT2D eigenvalue weighted by Gasteiger charge is -2.08. The quantitative estimate of drug-likeness (QED) is 0.883. The molecule has 22 heavy (non-hydrogen) atoms. The van der Waals surface area contributed by atoms with Crippen molar-refractivity contribution in [1.82, 2.24) is 5.32 Å². The molecule has 114 valence electrons. The van der Waals surface area contributed by atoms with Gasteiger partial charge in [0.25, 0.3) is 11.8 Å². The van der Waals surface area contributed by atoms with E-state index in [-0.39, 0.29) is 11.8 Å². The Kier molecular flexibility index (Phi) is 5.55. The van der Waals surface area contributed by atoms with Crippen LogP contribution in [0.15, 0.2) is 48.5 Å². The molecule has 0 radical (unpaired) electrons. The van der Waals surface area contributed by atoms with E-state index in [1.54, 1.807) is 48.5 Å². The summed E-state index contributed by atoms with van der Waals surface area (Å²) in [5, 5.41) is 6.08. The molecule has 2 aromatic carbocycles. The van der Waals surface area contributed by atoms with Crippen LogP contribution < -0.4 is 10.6 Å². The van der Waals surface area contributed by atoms with Gasteiger partial charge in [-0.15, -0.1) is 0 Å². The maximum absolute atomic E-state index is 12.2. The molecule has 0 saturated heterocycles. The number of carbonyl (C=O) groups excluding carboxylic acids is 2. The highest BCUT2D eigenvalue weighted by molar-refractivity contribution is 6.31. The van der Waals surface area contributed by atoms with Crippen LogP contribution in [-0.2, 0) is 0 Å². The average Bonchev–Trinajstić information content (AvgIpc) is 2.52. The number of benzene rings is 2. The molecule has 2 rings (SSSR count). The van der Waals surface area contributed by atoms with Crippen molar-refractivity contribution in [2.75, 3.05) is 11.9 Å². The Labute approximate surface area is 134 Å². The Morgan fingerprint density at radius 1 is 1.00 bits per heavy atom. The van der Waals surface area contributed by atoms with Crippen molar-refractivity contribution in [3.63, 3.8) is 0 Å². The molecule has 0 fully saturated rings. The van der Waals surface area contributed by atoms with Gasteiger partial charge in [-0.05, 0) is 42.8 Å². The van der Waals surface area contributed by atoms with Crippen LogP contribution in [-0.4, -0.2) is 18.4 Å². The fraction of sp³-hybridized carbons (Fsp3) is 0.176. The molecule has 0 unspecified atom stereocenters. The van der Waals surface area contributed by atoms with Gasteiger partial charge in [-0.1, -0.05) is 30.7 Å². The maximum Gasteiger partial charge on any atom is 0.255 e. The van der Waals surface area contributed by atoms with Gasteiger partial charge < -0.3 is 10.6 Å². The van der Waals surface area contributed by atoms with E-state index in [0.29, 0.717) is 28.4 Å². The fourth-order valence-corrected chi connectivity index (χ4v) is 2.10. The summed E-state index contributed by atoms with van der Waals surface area (Å²) in [4.78, 5) is 24.1. The Bertz CT molecular complexity index is 686. The van der Waals surface area contributed by atoms with E-state index in [4.69, 9.17) is 11.6 Å². The summed E-state index contributed by atoms with van der Waals surface area (Å²) in [7, 11) is 0. The van der Waals surface area contributed by atoms with Gasteiger partial charge in [0.15, 0.2) is 0 Å². The van der Waals surface area contributed by atoms with Crippen molar-refractivity contribution in [1.29, 1.82) is 0 Å². The van der Waals surface area contributed by atoms with Gasteiger partial charge in [0.2, 0.25) is 0 Å². The molecule has 0 saturated carbocycles. The van der Waals surface area contributed by atoms with Crippen LogP contribution in [0.4, 0.5) is 5.69 Å². The van der Waals surface area contributed by atoms with Gasteiger partial charge in [-0.25, -0.2) is 0 Å². The van der Waals surface area contributed by atoms with Gasteiger partial charge in [0, 0.05) is 28.4 Å². The Morgan fingerprint density at radius 3 is 2.36 bits per heavy atom. The van der Waals surface area contributed by atoms with E-state index in [1.807, 2.05) is 6.92 Å². The van der Waals surface area contributed by atoms with E-state index in [9.17, 15) is 9.59 Å². The first-order chi connectivity index (χ1) is 10.6. The SMILES string of the molecule is CCCNC(=O)c1cccc(C(=O)Nc2cccc(Cl)c2)c1. The third-order valence-electron chi connectivity index (χ3n) is 3.00. The molecule has 0 aliphatic carbocycles. The summed E-state index contributed by atoms with van der Waals surface area (Å²) in [6.45, 7) is 2.59. The molecule has 0 bridgehead atoms. The number of carbonyl (C=O) groups is 2. The number of halogens is 1. The number of anilines is 1. The minimum Gasteiger partial charge on any atom is -0.352 e. The molecule has 0 aliphatic heterocycles. The molecule has 0 spiro atoms. The third kappa shape index (κ3) is 4.33. The molecule has 4 nitrogen and oxygen atoms in total. The maximum atomic E-state index is 12.2. The predicted octanol–water partition coefficient (Wildman–Crippen LogP) is 3.73. The first-order valence-corrected chi connectivity index (χ1v) is 7.43. The minimum atomic E-state index is -0.285. The second kappa shape index (κ2) is 7.61. The van der Waals surface area contributed by atoms with Crippen molar-refractivity contribution in [2.45, 2.75) is 13.3 Å². The minimum absolute atomic E-state index is 0.181. The highest BCUT2D eigenvalue weighted by Crippen LogP contribution is 2.16. The van der Waals surface area contributed by atoms with E-state index >= 15 is 0 Å². The number of nitrogens with one attached hydrogen (secondary N) is 2. The summed E-state index contributed by atoms with van der Waals surface area (Å²) in [6, 6.07) is 13.5. The van der Waals surface area contributed by atoms with Crippen molar-refractivity contribution < 1.29 is 9.59 Å². The summed E-state index contributed by atoms with van der Waals surface area (Å²) in [5.74, 6) is -0.466. The zero-order chi connectivity index (χ0) is 15.9. The van der Waals surface area contributed by atoms with E-state index < -0.39 is 0 Å². The van der Waals surface area contributed by atoms with Gasteiger partial charge >= 0.3 is 0 Å². The van der Waals surface area contributed by atoms with Crippen LogP contribution in [0.25, 0.3) is 0 Å². The third-order valence-corrected chi connectivity index (χ3v) is 3.24. The standard InChI is InChI=1S/C17H17ClN2O2/c1-2-9-19-16(21)12-5-3-6-13(10-12)17(22)20-15-8-4-7-14(18)11-15/h3-8,10-11H,2,9H2,1H3,(H,19,21)(H,20,22). The summed E-state index contributed by atoms with van der Waals surface area (Å²) < 4.78 is 0. The van der Waals surface area contributed by atoms with Gasteiger partial charge in [-0.3, -0.25) is 9.59 Å². The second-order valence-electron chi connectivity index (χ2n) is 4.80. The van der Waals surface area contributed by atoms with Gasteiger partial charge in [0.1, 0.15) is 0 Å². The van der Waals surface area contributed by atoms with Gasteiger partial charge in [-0.2, -0.15) is 0 Å². The Hall–Kier alpha value is -2.33. The molecule has 5 heteroatoms. The lowest BCUT2D eigenvalue weighted by atomic mass is 10.1. The second-order valence-corrected chi connectivity index (χ2v) is 5.24. The number of hydrogen-bond acceptors (Lipinski definition) is 2. The van der Waals surface area contributed by atoms with E-state index in [2.05, 4.69) is 10.6 Å². The Balaban J connectivity index is 2.11. The number of hydrogen-bond donors (Lipinski definition) is 2. The lowest BCUT2D eigenvalue weighted by molar-refractivity contribution is 0.0953. The van der Waals surface area contributed by atoms with Crippen molar-refractivity contribution >= 4 is 29.1 Å². The fourth-order valence-electron chi connectivity index (χ4n) is 1.91. The summed E-state index contributed by atoms with van der Waals surface area (Å²) in [6.07, 6.45) is 0.862. The first-order valence-electron chi connectivity index (χ1n) is 7.05. The normalized spacial score (nSPS) is 10.1. The van der Waals surface area contributed by atoms with E-state index in [0.717, 1.165) is 6.42 Å². The van der Waals surface area contributed by atoms with Crippen molar-refractivity contribution in [3.8, 4) is 0 Å².